The van der Waals surface area contributed by atoms with Crippen LogP contribution >= 0.6 is 11.3 Å². The minimum atomic E-state index is -0.421. The quantitative estimate of drug-likeness (QED) is 0.596. The van der Waals surface area contributed by atoms with Crippen molar-refractivity contribution in [2.45, 2.75) is 6.42 Å². The fourth-order valence-corrected chi connectivity index (χ4v) is 1.87. The standard InChI is InChI=1S/C9H10O3S/c1-3-4-7-6(10)5-8(13-7)9(11)12-2/h3,5,10H,1,4H2,2H3. The normalized spacial score (nSPS) is 9.62. The third kappa shape index (κ3) is 2.09. The van der Waals surface area contributed by atoms with Gasteiger partial charge in [-0.25, -0.2) is 4.79 Å². The smallest absolute Gasteiger partial charge is 0.348 e. The van der Waals surface area contributed by atoms with Gasteiger partial charge in [-0.1, -0.05) is 6.08 Å². The summed E-state index contributed by atoms with van der Waals surface area (Å²) in [6.45, 7) is 3.55. The minimum Gasteiger partial charge on any atom is -0.507 e. The Kier molecular flexibility index (Phi) is 3.08. The summed E-state index contributed by atoms with van der Waals surface area (Å²) in [5.41, 5.74) is 0. The van der Waals surface area contributed by atoms with Crippen molar-refractivity contribution < 1.29 is 14.6 Å². The van der Waals surface area contributed by atoms with Gasteiger partial charge in [0.05, 0.1) is 12.0 Å². The number of carbonyl (C=O) groups excluding carboxylic acids is 1. The molecular formula is C9H10O3S. The van der Waals surface area contributed by atoms with Gasteiger partial charge in [0, 0.05) is 12.5 Å². The molecule has 1 rings (SSSR count). The Labute approximate surface area is 80.3 Å². The van der Waals surface area contributed by atoms with E-state index in [4.69, 9.17) is 0 Å². The third-order valence-corrected chi connectivity index (χ3v) is 2.63. The molecule has 0 aliphatic heterocycles. The first-order valence-electron chi connectivity index (χ1n) is 3.70. The van der Waals surface area contributed by atoms with Gasteiger partial charge in [0.2, 0.25) is 0 Å². The lowest BCUT2D eigenvalue weighted by atomic mass is 10.3. The molecule has 0 aromatic carbocycles. The molecule has 0 atom stereocenters. The first-order chi connectivity index (χ1) is 6.19. The fraction of sp³-hybridized carbons (Fsp3) is 0.222. The monoisotopic (exact) mass is 198 g/mol. The summed E-state index contributed by atoms with van der Waals surface area (Å²) in [6, 6.07) is 1.41. The van der Waals surface area contributed by atoms with Crippen LogP contribution in [0.3, 0.4) is 0 Å². The highest BCUT2D eigenvalue weighted by Crippen LogP contribution is 2.29. The van der Waals surface area contributed by atoms with Crippen LogP contribution in [0.4, 0.5) is 0 Å². The second-order valence-electron chi connectivity index (χ2n) is 2.40. The van der Waals surface area contributed by atoms with Gasteiger partial charge in [0.1, 0.15) is 10.6 Å². The Hall–Kier alpha value is -1.29. The zero-order chi connectivity index (χ0) is 9.84. The molecule has 0 aliphatic rings. The van der Waals surface area contributed by atoms with Crippen molar-refractivity contribution in [1.29, 1.82) is 0 Å². The molecule has 0 saturated carbocycles. The summed E-state index contributed by atoms with van der Waals surface area (Å²) in [5.74, 6) is -0.291. The number of thiophene rings is 1. The second kappa shape index (κ2) is 4.09. The lowest BCUT2D eigenvalue weighted by molar-refractivity contribution is 0.0606. The van der Waals surface area contributed by atoms with Gasteiger partial charge in [-0.3, -0.25) is 0 Å². The molecule has 1 aromatic heterocycles. The molecule has 0 spiro atoms. The van der Waals surface area contributed by atoms with Crippen molar-refractivity contribution in [2.75, 3.05) is 7.11 Å². The van der Waals surface area contributed by atoms with Gasteiger partial charge in [-0.05, 0) is 0 Å². The van der Waals surface area contributed by atoms with Crippen molar-refractivity contribution in [2.24, 2.45) is 0 Å². The Bertz CT molecular complexity index is 328. The summed E-state index contributed by atoms with van der Waals surface area (Å²) >= 11 is 1.22. The third-order valence-electron chi connectivity index (χ3n) is 1.50. The molecule has 4 heteroatoms. The summed E-state index contributed by atoms with van der Waals surface area (Å²) in [5, 5.41) is 9.36. The summed E-state index contributed by atoms with van der Waals surface area (Å²) < 4.78 is 4.52. The molecule has 0 bridgehead atoms. The van der Waals surface area contributed by atoms with Crippen LogP contribution in [0.1, 0.15) is 14.5 Å². The highest BCUT2D eigenvalue weighted by molar-refractivity contribution is 7.14. The number of carbonyl (C=O) groups is 1. The van der Waals surface area contributed by atoms with Crippen molar-refractivity contribution >= 4 is 17.3 Å². The molecule has 0 saturated heterocycles. The molecule has 0 fully saturated rings. The molecule has 0 radical (unpaired) electrons. The molecule has 0 aliphatic carbocycles. The molecule has 13 heavy (non-hydrogen) atoms. The van der Waals surface area contributed by atoms with E-state index >= 15 is 0 Å². The Balaban J connectivity index is 2.94. The molecular weight excluding hydrogens is 188 g/mol. The SMILES string of the molecule is C=CCc1sc(C(=O)OC)cc1O. The first kappa shape index (κ1) is 9.80. The Morgan fingerprint density at radius 3 is 3.08 bits per heavy atom. The largest absolute Gasteiger partial charge is 0.507 e. The van der Waals surface area contributed by atoms with Crippen LogP contribution in [-0.2, 0) is 11.2 Å². The van der Waals surface area contributed by atoms with Crippen LogP contribution in [0.5, 0.6) is 5.75 Å². The average molecular weight is 198 g/mol. The zero-order valence-electron chi connectivity index (χ0n) is 7.24. The summed E-state index contributed by atoms with van der Waals surface area (Å²) in [6.07, 6.45) is 2.24. The Morgan fingerprint density at radius 2 is 2.54 bits per heavy atom. The van der Waals surface area contributed by atoms with Crippen LogP contribution in [0.2, 0.25) is 0 Å². The van der Waals surface area contributed by atoms with E-state index in [1.54, 1.807) is 6.08 Å². The number of hydrogen-bond donors (Lipinski definition) is 1. The molecule has 1 N–H and O–H groups in total. The van der Waals surface area contributed by atoms with Gasteiger partial charge in [-0.2, -0.15) is 0 Å². The number of aromatic hydroxyl groups is 1. The topological polar surface area (TPSA) is 46.5 Å². The molecule has 70 valence electrons. The number of ether oxygens (including phenoxy) is 1. The van der Waals surface area contributed by atoms with E-state index in [0.717, 1.165) is 4.88 Å². The second-order valence-corrected chi connectivity index (χ2v) is 3.54. The Morgan fingerprint density at radius 1 is 1.85 bits per heavy atom. The van der Waals surface area contributed by atoms with E-state index in [2.05, 4.69) is 11.3 Å². The van der Waals surface area contributed by atoms with Crippen LogP contribution < -0.4 is 0 Å². The van der Waals surface area contributed by atoms with Gasteiger partial charge in [0.15, 0.2) is 0 Å². The van der Waals surface area contributed by atoms with E-state index in [-0.39, 0.29) is 5.75 Å². The maximum Gasteiger partial charge on any atom is 0.348 e. The van der Waals surface area contributed by atoms with Gasteiger partial charge in [-0.15, -0.1) is 17.9 Å². The van der Waals surface area contributed by atoms with E-state index in [0.29, 0.717) is 11.3 Å². The number of hydrogen-bond acceptors (Lipinski definition) is 4. The predicted molar refractivity (Wildman–Crippen MR) is 51.2 cm³/mol. The summed E-state index contributed by atoms with van der Waals surface area (Å²) in [4.78, 5) is 12.2. The molecule has 3 nitrogen and oxygen atoms in total. The van der Waals surface area contributed by atoms with E-state index in [1.165, 1.54) is 24.5 Å². The van der Waals surface area contributed by atoms with Crippen molar-refractivity contribution in [1.82, 2.24) is 0 Å². The van der Waals surface area contributed by atoms with Gasteiger partial charge >= 0.3 is 5.97 Å². The van der Waals surface area contributed by atoms with Crippen LogP contribution in [0.15, 0.2) is 18.7 Å². The average Bonchev–Trinajstić information content (AvgIpc) is 2.47. The van der Waals surface area contributed by atoms with E-state index in [1.807, 2.05) is 0 Å². The maximum absolute atomic E-state index is 11.0. The van der Waals surface area contributed by atoms with Crippen molar-refractivity contribution in [3.05, 3.63) is 28.5 Å². The van der Waals surface area contributed by atoms with E-state index < -0.39 is 5.97 Å². The molecule has 0 unspecified atom stereocenters. The number of esters is 1. The van der Waals surface area contributed by atoms with Crippen LogP contribution in [0, 0.1) is 0 Å². The molecule has 1 heterocycles. The molecule has 1 aromatic rings. The first-order valence-corrected chi connectivity index (χ1v) is 4.51. The zero-order valence-corrected chi connectivity index (χ0v) is 8.06. The maximum atomic E-state index is 11.0. The van der Waals surface area contributed by atoms with Crippen molar-refractivity contribution in [3.63, 3.8) is 0 Å². The number of methoxy groups -OCH3 is 1. The van der Waals surface area contributed by atoms with Gasteiger partial charge in [0.25, 0.3) is 0 Å². The van der Waals surface area contributed by atoms with Crippen molar-refractivity contribution in [3.8, 4) is 5.75 Å². The lowest BCUT2D eigenvalue weighted by Crippen LogP contribution is -1.96. The number of allylic oxidation sites excluding steroid dienone is 1. The lowest BCUT2D eigenvalue weighted by Gasteiger charge is -1.91. The van der Waals surface area contributed by atoms with Gasteiger partial charge < -0.3 is 9.84 Å². The predicted octanol–water partition coefficient (Wildman–Crippen LogP) is 1.97. The highest BCUT2D eigenvalue weighted by atomic mass is 32.1. The molecule has 0 amide bonds. The summed E-state index contributed by atoms with van der Waals surface area (Å²) in [7, 11) is 1.31. The minimum absolute atomic E-state index is 0.130. The highest BCUT2D eigenvalue weighted by Gasteiger charge is 2.13. The fourth-order valence-electron chi connectivity index (χ4n) is 0.898. The van der Waals surface area contributed by atoms with Crippen LogP contribution in [-0.4, -0.2) is 18.2 Å². The number of rotatable bonds is 3. The van der Waals surface area contributed by atoms with Crippen LogP contribution in [0.25, 0.3) is 0 Å². The van der Waals surface area contributed by atoms with E-state index in [9.17, 15) is 9.90 Å².